The Bertz CT molecular complexity index is 149. The van der Waals surface area contributed by atoms with Gasteiger partial charge in [-0.3, -0.25) is 4.79 Å². The zero-order valence-corrected chi connectivity index (χ0v) is 8.63. The number of hydrogen-bond acceptors (Lipinski definition) is 3. The highest BCUT2D eigenvalue weighted by Gasteiger charge is 2.07. The lowest BCUT2D eigenvalue weighted by atomic mass is 10.2. The molecule has 0 bridgehead atoms. The molecule has 0 radical (unpaired) electrons. The van der Waals surface area contributed by atoms with Gasteiger partial charge in [0.25, 0.3) is 0 Å². The number of carbonyl (C=O) groups excluding carboxylic acids is 1. The van der Waals surface area contributed by atoms with E-state index >= 15 is 0 Å². The molecule has 0 aliphatic heterocycles. The molecular weight excluding hydrogens is 168 g/mol. The van der Waals surface area contributed by atoms with Crippen molar-refractivity contribution < 1.29 is 9.90 Å². The molecular formula is C9H20N2O2. The summed E-state index contributed by atoms with van der Waals surface area (Å²) in [5.41, 5.74) is 0. The highest BCUT2D eigenvalue weighted by Crippen LogP contribution is 1.89. The molecule has 4 nitrogen and oxygen atoms in total. The first-order valence-corrected chi connectivity index (χ1v) is 4.74. The van der Waals surface area contributed by atoms with Crippen LogP contribution in [-0.2, 0) is 4.79 Å². The van der Waals surface area contributed by atoms with E-state index in [1.165, 1.54) is 0 Å². The minimum atomic E-state index is -0.474. The Morgan fingerprint density at radius 2 is 2.08 bits per heavy atom. The normalized spacial score (nSPS) is 15.1. The Morgan fingerprint density at radius 3 is 2.54 bits per heavy atom. The number of amides is 1. The standard InChI is InChI=1S/C9H20N2O2/c1-4-10-7(2)5-9(13)11-6-8(3)12/h7-8,10,12H,4-6H2,1-3H3,(H,11,13)/t7?,8-/m1/s1. The van der Waals surface area contributed by atoms with E-state index in [4.69, 9.17) is 5.11 Å². The SMILES string of the molecule is CCNC(C)CC(=O)NC[C@@H](C)O. The van der Waals surface area contributed by atoms with Gasteiger partial charge >= 0.3 is 0 Å². The summed E-state index contributed by atoms with van der Waals surface area (Å²) in [6, 6.07) is 0.194. The van der Waals surface area contributed by atoms with Crippen LogP contribution in [0.25, 0.3) is 0 Å². The fourth-order valence-electron chi connectivity index (χ4n) is 1.03. The lowest BCUT2D eigenvalue weighted by molar-refractivity contribution is -0.121. The van der Waals surface area contributed by atoms with E-state index < -0.39 is 6.10 Å². The van der Waals surface area contributed by atoms with Gasteiger partial charge in [-0.15, -0.1) is 0 Å². The third kappa shape index (κ3) is 7.74. The predicted molar refractivity (Wildman–Crippen MR) is 52.4 cm³/mol. The summed E-state index contributed by atoms with van der Waals surface area (Å²) < 4.78 is 0. The van der Waals surface area contributed by atoms with Crippen molar-refractivity contribution >= 4 is 5.91 Å². The number of carbonyl (C=O) groups is 1. The molecule has 2 atom stereocenters. The van der Waals surface area contributed by atoms with Crippen LogP contribution in [0.2, 0.25) is 0 Å². The Balaban J connectivity index is 3.50. The maximum Gasteiger partial charge on any atom is 0.221 e. The van der Waals surface area contributed by atoms with Crippen LogP contribution in [0.3, 0.4) is 0 Å². The second-order valence-corrected chi connectivity index (χ2v) is 3.32. The monoisotopic (exact) mass is 188 g/mol. The molecule has 0 saturated carbocycles. The quantitative estimate of drug-likeness (QED) is 0.544. The van der Waals surface area contributed by atoms with Gasteiger partial charge in [0.2, 0.25) is 5.91 Å². The summed E-state index contributed by atoms with van der Waals surface area (Å²) in [6.45, 7) is 6.81. The van der Waals surface area contributed by atoms with E-state index in [-0.39, 0.29) is 11.9 Å². The first-order valence-electron chi connectivity index (χ1n) is 4.74. The van der Waals surface area contributed by atoms with Gasteiger partial charge in [-0.2, -0.15) is 0 Å². The molecule has 0 spiro atoms. The van der Waals surface area contributed by atoms with Crippen molar-refractivity contribution in [3.8, 4) is 0 Å². The third-order valence-corrected chi connectivity index (χ3v) is 1.64. The molecule has 0 aromatic heterocycles. The molecule has 0 aromatic carbocycles. The van der Waals surface area contributed by atoms with Crippen LogP contribution in [-0.4, -0.2) is 36.2 Å². The summed E-state index contributed by atoms with van der Waals surface area (Å²) in [6.07, 6.45) is -0.0148. The molecule has 0 heterocycles. The molecule has 0 saturated heterocycles. The van der Waals surface area contributed by atoms with E-state index in [2.05, 4.69) is 10.6 Å². The highest BCUT2D eigenvalue weighted by molar-refractivity contribution is 5.76. The van der Waals surface area contributed by atoms with Crippen LogP contribution >= 0.6 is 0 Å². The summed E-state index contributed by atoms with van der Waals surface area (Å²) in [7, 11) is 0. The fourth-order valence-corrected chi connectivity index (χ4v) is 1.03. The van der Waals surface area contributed by atoms with Gasteiger partial charge in [0.15, 0.2) is 0 Å². The summed E-state index contributed by atoms with van der Waals surface area (Å²) in [5.74, 6) is -0.0191. The number of hydrogen-bond donors (Lipinski definition) is 3. The topological polar surface area (TPSA) is 61.4 Å². The number of aliphatic hydroxyl groups is 1. The minimum Gasteiger partial charge on any atom is -0.392 e. The van der Waals surface area contributed by atoms with Crippen molar-refractivity contribution in [3.63, 3.8) is 0 Å². The van der Waals surface area contributed by atoms with Crippen molar-refractivity contribution in [2.45, 2.75) is 39.3 Å². The van der Waals surface area contributed by atoms with Crippen molar-refractivity contribution in [2.75, 3.05) is 13.1 Å². The third-order valence-electron chi connectivity index (χ3n) is 1.64. The van der Waals surface area contributed by atoms with Crippen LogP contribution in [0.15, 0.2) is 0 Å². The van der Waals surface area contributed by atoms with Crippen LogP contribution in [0, 0.1) is 0 Å². The Morgan fingerprint density at radius 1 is 1.46 bits per heavy atom. The predicted octanol–water partition coefficient (Wildman–Crippen LogP) is -0.128. The number of aliphatic hydroxyl groups excluding tert-OH is 1. The maximum atomic E-state index is 11.2. The van der Waals surface area contributed by atoms with Crippen LogP contribution < -0.4 is 10.6 Å². The first-order chi connectivity index (χ1) is 6.06. The van der Waals surface area contributed by atoms with Gasteiger partial charge in [-0.25, -0.2) is 0 Å². The molecule has 0 aliphatic carbocycles. The molecule has 4 heteroatoms. The molecule has 13 heavy (non-hydrogen) atoms. The fraction of sp³-hybridized carbons (Fsp3) is 0.889. The lowest BCUT2D eigenvalue weighted by Gasteiger charge is -2.12. The van der Waals surface area contributed by atoms with E-state index in [1.54, 1.807) is 6.92 Å². The largest absolute Gasteiger partial charge is 0.392 e. The average Bonchev–Trinajstić information content (AvgIpc) is 2.01. The van der Waals surface area contributed by atoms with E-state index in [9.17, 15) is 4.79 Å². The molecule has 0 aliphatic rings. The molecule has 1 unspecified atom stereocenters. The van der Waals surface area contributed by atoms with Crippen molar-refractivity contribution in [3.05, 3.63) is 0 Å². The molecule has 0 rings (SSSR count). The van der Waals surface area contributed by atoms with Crippen molar-refractivity contribution in [1.82, 2.24) is 10.6 Å². The van der Waals surface area contributed by atoms with E-state index in [1.807, 2.05) is 13.8 Å². The van der Waals surface area contributed by atoms with Crippen molar-refractivity contribution in [2.24, 2.45) is 0 Å². The maximum absolute atomic E-state index is 11.2. The van der Waals surface area contributed by atoms with Gasteiger partial charge in [-0.1, -0.05) is 6.92 Å². The lowest BCUT2D eigenvalue weighted by Crippen LogP contribution is -2.36. The zero-order chi connectivity index (χ0) is 10.3. The summed E-state index contributed by atoms with van der Waals surface area (Å²) >= 11 is 0. The van der Waals surface area contributed by atoms with Gasteiger partial charge in [0, 0.05) is 19.0 Å². The van der Waals surface area contributed by atoms with Crippen LogP contribution in [0.5, 0.6) is 0 Å². The summed E-state index contributed by atoms with van der Waals surface area (Å²) in [5, 5.41) is 14.7. The van der Waals surface area contributed by atoms with Gasteiger partial charge in [-0.05, 0) is 20.4 Å². The molecule has 3 N–H and O–H groups in total. The smallest absolute Gasteiger partial charge is 0.221 e. The molecule has 78 valence electrons. The Kier molecular flexibility index (Phi) is 6.54. The first kappa shape index (κ1) is 12.4. The second kappa shape index (κ2) is 6.86. The Hall–Kier alpha value is -0.610. The van der Waals surface area contributed by atoms with Crippen LogP contribution in [0.1, 0.15) is 27.2 Å². The molecule has 0 aromatic rings. The second-order valence-electron chi connectivity index (χ2n) is 3.32. The molecule has 0 fully saturated rings. The zero-order valence-electron chi connectivity index (χ0n) is 8.63. The number of rotatable bonds is 6. The minimum absolute atomic E-state index is 0.0191. The van der Waals surface area contributed by atoms with Gasteiger partial charge in [0.1, 0.15) is 0 Å². The van der Waals surface area contributed by atoms with E-state index in [0.29, 0.717) is 13.0 Å². The van der Waals surface area contributed by atoms with Gasteiger partial charge in [0.05, 0.1) is 6.10 Å². The van der Waals surface area contributed by atoms with Crippen LogP contribution in [0.4, 0.5) is 0 Å². The van der Waals surface area contributed by atoms with Gasteiger partial charge < -0.3 is 15.7 Å². The Labute approximate surface area is 79.7 Å². The molecule has 1 amide bonds. The average molecular weight is 188 g/mol. The van der Waals surface area contributed by atoms with E-state index in [0.717, 1.165) is 6.54 Å². The van der Waals surface area contributed by atoms with Crippen molar-refractivity contribution in [1.29, 1.82) is 0 Å². The summed E-state index contributed by atoms with van der Waals surface area (Å²) in [4.78, 5) is 11.2. The highest BCUT2D eigenvalue weighted by atomic mass is 16.3. The number of nitrogens with one attached hydrogen (secondary N) is 2.